The van der Waals surface area contributed by atoms with E-state index in [9.17, 15) is 14.4 Å². The number of hydrogen-bond donors (Lipinski definition) is 2. The monoisotopic (exact) mass is 698 g/mol. The molecule has 0 radical (unpaired) electrons. The molecule has 0 saturated heterocycles. The first-order valence-corrected chi connectivity index (χ1v) is 16.5. The lowest BCUT2D eigenvalue weighted by molar-refractivity contribution is -0.120. The van der Waals surface area contributed by atoms with E-state index in [0.717, 1.165) is 22.2 Å². The zero-order chi connectivity index (χ0) is 35.3. The molecule has 5 aromatic rings. The van der Waals surface area contributed by atoms with E-state index in [2.05, 4.69) is 10.3 Å². The van der Waals surface area contributed by atoms with E-state index in [-0.39, 0.29) is 52.1 Å². The minimum atomic E-state index is -1.96. The number of ketones is 2. The van der Waals surface area contributed by atoms with Gasteiger partial charge in [0.05, 0.1) is 40.4 Å². The van der Waals surface area contributed by atoms with Crippen LogP contribution in [0.15, 0.2) is 59.1 Å². The highest BCUT2D eigenvalue weighted by Crippen LogP contribution is 2.54. The lowest BCUT2D eigenvalue weighted by Gasteiger charge is -2.35. The van der Waals surface area contributed by atoms with E-state index in [4.69, 9.17) is 39.7 Å². The quantitative estimate of drug-likeness (QED) is 0.159. The van der Waals surface area contributed by atoms with Crippen LogP contribution in [0.3, 0.4) is 0 Å². The molecule has 2 aliphatic rings. The van der Waals surface area contributed by atoms with Crippen LogP contribution in [0.5, 0.6) is 28.7 Å². The van der Waals surface area contributed by atoms with Crippen molar-refractivity contribution in [1.82, 2.24) is 10.3 Å². The molecule has 1 amide bonds. The summed E-state index contributed by atoms with van der Waals surface area (Å²) in [6.45, 7) is 2.09. The molecule has 50 heavy (non-hydrogen) atoms. The number of hydrogen-bond acceptors (Lipinski definition) is 9. The van der Waals surface area contributed by atoms with Crippen LogP contribution in [0.25, 0.3) is 22.2 Å². The fourth-order valence-electron chi connectivity index (χ4n) is 7.03. The van der Waals surface area contributed by atoms with Crippen LogP contribution < -0.4 is 29.0 Å². The predicted molar refractivity (Wildman–Crippen MR) is 185 cm³/mol. The number of carbonyl (C=O) groups excluding carboxylic acids is 3. The molecule has 1 aliphatic carbocycles. The SMILES string of the molecule is COc1ccc(-c2oc3c(c2CC(=O)NCCc2c[nH]c4ccc(OC)cc24)C(=O)C2(Oc4c(Cl)c(OC)cc(OC)c4C2=O)C(C)C3)cc1. The average molecular weight is 699 g/mol. The Kier molecular flexibility index (Phi) is 8.47. The van der Waals surface area contributed by atoms with Gasteiger partial charge in [-0.1, -0.05) is 18.5 Å². The van der Waals surface area contributed by atoms with Gasteiger partial charge < -0.3 is 38.4 Å². The molecular formula is C38H35ClN2O9. The van der Waals surface area contributed by atoms with Crippen LogP contribution in [0, 0.1) is 5.92 Å². The second-order valence-electron chi connectivity index (χ2n) is 12.3. The molecule has 1 aliphatic heterocycles. The summed E-state index contributed by atoms with van der Waals surface area (Å²) >= 11 is 6.63. The summed E-state index contributed by atoms with van der Waals surface area (Å²) in [5, 5.41) is 4.06. The molecule has 2 N–H and O–H groups in total. The van der Waals surface area contributed by atoms with Crippen molar-refractivity contribution in [3.05, 3.63) is 87.8 Å². The van der Waals surface area contributed by atoms with Gasteiger partial charge in [0.1, 0.15) is 45.1 Å². The number of ether oxygens (including phenoxy) is 5. The number of furan rings is 1. The number of H-pyrrole nitrogens is 1. The highest BCUT2D eigenvalue weighted by atomic mass is 35.5. The summed E-state index contributed by atoms with van der Waals surface area (Å²) in [5.41, 5.74) is 1.24. The molecule has 2 aromatic heterocycles. The maximum Gasteiger partial charge on any atom is 0.237 e. The largest absolute Gasteiger partial charge is 0.497 e. The summed E-state index contributed by atoms with van der Waals surface area (Å²) in [4.78, 5) is 46.0. The molecule has 7 rings (SSSR count). The highest BCUT2D eigenvalue weighted by Gasteiger charge is 2.63. The van der Waals surface area contributed by atoms with E-state index in [1.807, 2.05) is 24.4 Å². The van der Waals surface area contributed by atoms with Gasteiger partial charge in [0.2, 0.25) is 23.1 Å². The lowest BCUT2D eigenvalue weighted by atomic mass is 9.70. The Bertz CT molecular complexity index is 2170. The fourth-order valence-corrected chi connectivity index (χ4v) is 7.29. The third-order valence-corrected chi connectivity index (χ3v) is 9.99. The van der Waals surface area contributed by atoms with Crippen LogP contribution in [0.4, 0.5) is 0 Å². The minimum Gasteiger partial charge on any atom is -0.497 e. The Morgan fingerprint density at radius 1 is 0.940 bits per heavy atom. The van der Waals surface area contributed by atoms with Crippen molar-refractivity contribution in [3.8, 4) is 40.1 Å². The first-order valence-electron chi connectivity index (χ1n) is 16.1. The van der Waals surface area contributed by atoms with E-state index < -0.39 is 23.1 Å². The lowest BCUT2D eigenvalue weighted by Crippen LogP contribution is -2.56. The molecule has 11 nitrogen and oxygen atoms in total. The van der Waals surface area contributed by atoms with Gasteiger partial charge in [0.25, 0.3) is 0 Å². The van der Waals surface area contributed by atoms with Crippen molar-refractivity contribution in [3.63, 3.8) is 0 Å². The summed E-state index contributed by atoms with van der Waals surface area (Å²) in [5.74, 6) is 0.369. The van der Waals surface area contributed by atoms with E-state index in [0.29, 0.717) is 41.4 Å². The molecule has 1 spiro atoms. The third kappa shape index (κ3) is 5.15. The number of benzene rings is 3. The molecule has 258 valence electrons. The zero-order valence-electron chi connectivity index (χ0n) is 28.2. The highest BCUT2D eigenvalue weighted by molar-refractivity contribution is 6.36. The van der Waals surface area contributed by atoms with Crippen molar-refractivity contribution < 1.29 is 42.5 Å². The number of carbonyl (C=O) groups is 3. The topological polar surface area (TPSA) is 138 Å². The number of fused-ring (bicyclic) bond motifs is 3. The number of amides is 1. The smallest absolute Gasteiger partial charge is 0.237 e. The number of Topliss-reactive ketones (excluding diaryl/α,β-unsaturated/α-hetero) is 2. The van der Waals surface area contributed by atoms with E-state index in [1.54, 1.807) is 45.4 Å². The fraction of sp³-hybridized carbons (Fsp3) is 0.289. The van der Waals surface area contributed by atoms with Gasteiger partial charge in [-0.2, -0.15) is 0 Å². The van der Waals surface area contributed by atoms with Crippen molar-refractivity contribution in [2.45, 2.75) is 31.8 Å². The van der Waals surface area contributed by atoms with Crippen LogP contribution in [0.2, 0.25) is 5.02 Å². The minimum absolute atomic E-state index is 0.0181. The Balaban J connectivity index is 1.24. The van der Waals surface area contributed by atoms with Gasteiger partial charge in [-0.25, -0.2) is 0 Å². The maximum absolute atomic E-state index is 14.8. The van der Waals surface area contributed by atoms with Crippen LogP contribution >= 0.6 is 11.6 Å². The number of aromatic amines is 1. The second-order valence-corrected chi connectivity index (χ2v) is 12.7. The third-order valence-electron chi connectivity index (χ3n) is 9.63. The predicted octanol–water partition coefficient (Wildman–Crippen LogP) is 6.41. The van der Waals surface area contributed by atoms with E-state index in [1.165, 1.54) is 20.3 Å². The van der Waals surface area contributed by atoms with Gasteiger partial charge in [0, 0.05) is 53.2 Å². The number of halogens is 1. The molecule has 0 fully saturated rings. The number of rotatable bonds is 10. The Labute approximate surface area is 292 Å². The van der Waals surface area contributed by atoms with Crippen molar-refractivity contribution >= 4 is 40.0 Å². The van der Waals surface area contributed by atoms with Crippen LogP contribution in [-0.2, 0) is 24.1 Å². The number of aromatic nitrogens is 1. The van der Waals surface area contributed by atoms with Gasteiger partial charge in [-0.15, -0.1) is 0 Å². The second kappa shape index (κ2) is 12.8. The standard InChI is InChI=1S/C38H35ClN2O9/c1-19-14-28-31(36(43)38(19)37(44)32-27(47-4)17-29(48-5)33(39)35(32)50-38)25(34(49-28)20-6-8-22(45-2)9-7-20)16-30(42)40-13-12-21-18-41-26-11-10-23(46-3)15-24(21)26/h6-11,15,17-19,41H,12-14,16H2,1-5H3,(H,40,42). The van der Waals surface area contributed by atoms with Gasteiger partial charge in [-0.05, 0) is 54.4 Å². The Morgan fingerprint density at radius 2 is 1.64 bits per heavy atom. The first-order chi connectivity index (χ1) is 24.1. The molecule has 0 saturated carbocycles. The summed E-state index contributed by atoms with van der Waals surface area (Å²) in [6.07, 6.45) is 2.47. The zero-order valence-corrected chi connectivity index (χ0v) is 28.9. The molecule has 0 bridgehead atoms. The maximum atomic E-state index is 14.8. The molecule has 2 unspecified atom stereocenters. The summed E-state index contributed by atoms with van der Waals surface area (Å²) in [7, 11) is 6.03. The molecule has 3 heterocycles. The number of methoxy groups -OCH3 is 4. The summed E-state index contributed by atoms with van der Waals surface area (Å²) < 4.78 is 34.4. The Morgan fingerprint density at radius 3 is 2.34 bits per heavy atom. The molecular weight excluding hydrogens is 664 g/mol. The van der Waals surface area contributed by atoms with Gasteiger partial charge in [0.15, 0.2) is 5.75 Å². The van der Waals surface area contributed by atoms with Crippen molar-refractivity contribution in [2.75, 3.05) is 35.0 Å². The normalized spacial score (nSPS) is 17.8. The van der Waals surface area contributed by atoms with Crippen LogP contribution in [-0.4, -0.2) is 63.0 Å². The molecule has 3 aromatic carbocycles. The molecule has 2 atom stereocenters. The van der Waals surface area contributed by atoms with Gasteiger partial charge >= 0.3 is 0 Å². The Hall–Kier alpha value is -5.42. The van der Waals surface area contributed by atoms with Crippen molar-refractivity contribution in [2.24, 2.45) is 5.92 Å². The first kappa shape index (κ1) is 33.1. The van der Waals surface area contributed by atoms with Gasteiger partial charge in [-0.3, -0.25) is 14.4 Å². The van der Waals surface area contributed by atoms with E-state index >= 15 is 0 Å². The average Bonchev–Trinajstić information content (AvgIpc) is 3.80. The van der Waals surface area contributed by atoms with Crippen molar-refractivity contribution in [1.29, 1.82) is 0 Å². The number of nitrogens with one attached hydrogen (secondary N) is 2. The van der Waals surface area contributed by atoms with Crippen LogP contribution in [0.1, 0.15) is 44.5 Å². The summed E-state index contributed by atoms with van der Waals surface area (Å²) in [6, 6.07) is 14.4. The molecule has 12 heteroatoms.